The lowest BCUT2D eigenvalue weighted by atomic mass is 10.1. The van der Waals surface area contributed by atoms with Crippen LogP contribution in [0.25, 0.3) is 10.8 Å². The summed E-state index contributed by atoms with van der Waals surface area (Å²) >= 11 is 0. The molecule has 2 unspecified atom stereocenters. The van der Waals surface area contributed by atoms with Gasteiger partial charge in [-0.2, -0.15) is 0 Å². The monoisotopic (exact) mass is 248 g/mol. The first-order chi connectivity index (χ1) is 8.54. The van der Waals surface area contributed by atoms with Crippen LogP contribution in [0.1, 0.15) is 13.8 Å². The van der Waals surface area contributed by atoms with Crippen LogP contribution in [0.5, 0.6) is 11.5 Å². The topological polar surface area (TPSA) is 58.9 Å². The van der Waals surface area contributed by atoms with Crippen LogP contribution in [0, 0.1) is 0 Å². The number of rotatable bonds is 4. The predicted octanol–water partition coefficient (Wildman–Crippen LogP) is 2.27. The first-order valence-electron chi connectivity index (χ1n) is 5.78. The van der Waals surface area contributed by atoms with Crippen molar-refractivity contribution in [2.24, 2.45) is 0 Å². The first-order valence-corrected chi connectivity index (χ1v) is 5.78. The molecule has 2 rings (SSSR count). The Morgan fingerprint density at radius 3 is 1.61 bits per heavy atom. The molecular weight excluding hydrogens is 232 g/mol. The SMILES string of the molecule is CC(O)Oc1ccc2ccc(OC(C)O)cc2c1. The number of aliphatic hydroxyl groups excluding tert-OH is 2. The fourth-order valence-corrected chi connectivity index (χ4v) is 1.74. The summed E-state index contributed by atoms with van der Waals surface area (Å²) in [4.78, 5) is 0. The molecule has 0 aliphatic rings. The van der Waals surface area contributed by atoms with Crippen molar-refractivity contribution < 1.29 is 19.7 Å². The highest BCUT2D eigenvalue weighted by Crippen LogP contribution is 2.25. The van der Waals surface area contributed by atoms with Gasteiger partial charge in [0.25, 0.3) is 0 Å². The Balaban J connectivity index is 2.33. The van der Waals surface area contributed by atoms with Gasteiger partial charge in [-0.15, -0.1) is 0 Å². The minimum absolute atomic E-state index is 0.590. The third-order valence-corrected chi connectivity index (χ3v) is 2.40. The third-order valence-electron chi connectivity index (χ3n) is 2.40. The summed E-state index contributed by atoms with van der Waals surface area (Å²) in [5.41, 5.74) is 0. The molecule has 2 atom stereocenters. The molecule has 0 aliphatic heterocycles. The molecule has 96 valence electrons. The third kappa shape index (κ3) is 3.12. The zero-order chi connectivity index (χ0) is 13.1. The molecule has 2 aromatic rings. The van der Waals surface area contributed by atoms with Crippen LogP contribution in [-0.2, 0) is 0 Å². The maximum absolute atomic E-state index is 9.17. The van der Waals surface area contributed by atoms with Gasteiger partial charge in [0.15, 0.2) is 12.6 Å². The van der Waals surface area contributed by atoms with Gasteiger partial charge in [-0.25, -0.2) is 0 Å². The van der Waals surface area contributed by atoms with E-state index in [2.05, 4.69) is 0 Å². The molecule has 2 aromatic carbocycles. The Hall–Kier alpha value is -1.78. The number of hydrogen-bond acceptors (Lipinski definition) is 4. The number of aliphatic hydroxyl groups is 2. The summed E-state index contributed by atoms with van der Waals surface area (Å²) in [6, 6.07) is 11.0. The van der Waals surface area contributed by atoms with E-state index in [4.69, 9.17) is 9.47 Å². The molecule has 0 bridgehead atoms. The van der Waals surface area contributed by atoms with E-state index in [1.807, 2.05) is 24.3 Å². The zero-order valence-corrected chi connectivity index (χ0v) is 10.3. The van der Waals surface area contributed by atoms with Gasteiger partial charge in [0.05, 0.1) is 0 Å². The van der Waals surface area contributed by atoms with E-state index in [-0.39, 0.29) is 0 Å². The Labute approximate surface area is 105 Å². The lowest BCUT2D eigenvalue weighted by Gasteiger charge is -2.11. The first kappa shape index (κ1) is 12.7. The van der Waals surface area contributed by atoms with Gasteiger partial charge in [-0.05, 0) is 48.9 Å². The summed E-state index contributed by atoms with van der Waals surface area (Å²) in [6.07, 6.45) is -1.70. The van der Waals surface area contributed by atoms with Crippen molar-refractivity contribution in [2.75, 3.05) is 0 Å². The summed E-state index contributed by atoms with van der Waals surface area (Å²) in [5, 5.41) is 20.3. The summed E-state index contributed by atoms with van der Waals surface area (Å²) in [5.74, 6) is 1.18. The van der Waals surface area contributed by atoms with Gasteiger partial charge in [0, 0.05) is 0 Å². The summed E-state index contributed by atoms with van der Waals surface area (Å²) in [6.45, 7) is 3.11. The smallest absolute Gasteiger partial charge is 0.194 e. The highest BCUT2D eigenvalue weighted by atomic mass is 16.6. The van der Waals surface area contributed by atoms with Crippen molar-refractivity contribution in [3.63, 3.8) is 0 Å². The normalized spacial score (nSPS) is 14.2. The van der Waals surface area contributed by atoms with Crippen LogP contribution in [0.2, 0.25) is 0 Å². The average molecular weight is 248 g/mol. The van der Waals surface area contributed by atoms with Gasteiger partial charge in [0.2, 0.25) is 0 Å². The fourth-order valence-electron chi connectivity index (χ4n) is 1.74. The van der Waals surface area contributed by atoms with Crippen LogP contribution >= 0.6 is 0 Å². The molecular formula is C14H16O4. The molecule has 0 saturated carbocycles. The van der Waals surface area contributed by atoms with Crippen LogP contribution in [-0.4, -0.2) is 22.8 Å². The van der Waals surface area contributed by atoms with Gasteiger partial charge < -0.3 is 19.7 Å². The molecule has 0 heterocycles. The Bertz CT molecular complexity index is 490. The standard InChI is InChI=1S/C14H16O4/c1-9(15)17-13-5-3-11-4-6-14(18-10(2)16)8-12(11)7-13/h3-10,15-16H,1-2H3. The molecule has 0 amide bonds. The second kappa shape index (κ2) is 5.25. The lowest BCUT2D eigenvalue weighted by molar-refractivity contribution is -0.000450. The highest BCUT2D eigenvalue weighted by Gasteiger charge is 2.03. The molecule has 0 aromatic heterocycles. The van der Waals surface area contributed by atoms with E-state index >= 15 is 0 Å². The minimum Gasteiger partial charge on any atom is -0.465 e. The molecule has 4 heteroatoms. The predicted molar refractivity (Wildman–Crippen MR) is 68.6 cm³/mol. The van der Waals surface area contributed by atoms with Crippen LogP contribution < -0.4 is 9.47 Å². The molecule has 0 aliphatic carbocycles. The summed E-state index contributed by atoms with van der Waals surface area (Å²) < 4.78 is 10.4. The second-order valence-corrected chi connectivity index (χ2v) is 4.11. The van der Waals surface area contributed by atoms with Crippen molar-refractivity contribution in [1.82, 2.24) is 0 Å². The van der Waals surface area contributed by atoms with Crippen molar-refractivity contribution >= 4 is 10.8 Å². The highest BCUT2D eigenvalue weighted by molar-refractivity contribution is 5.85. The Morgan fingerprint density at radius 1 is 0.778 bits per heavy atom. The van der Waals surface area contributed by atoms with Crippen LogP contribution in [0.15, 0.2) is 36.4 Å². The van der Waals surface area contributed by atoms with Gasteiger partial charge in [0.1, 0.15) is 11.5 Å². The van der Waals surface area contributed by atoms with Gasteiger partial charge >= 0.3 is 0 Å². The molecule has 18 heavy (non-hydrogen) atoms. The van der Waals surface area contributed by atoms with Gasteiger partial charge in [-0.3, -0.25) is 0 Å². The van der Waals surface area contributed by atoms with E-state index in [0.717, 1.165) is 10.8 Å². The van der Waals surface area contributed by atoms with Crippen LogP contribution in [0.3, 0.4) is 0 Å². The van der Waals surface area contributed by atoms with Crippen LogP contribution in [0.4, 0.5) is 0 Å². The van der Waals surface area contributed by atoms with E-state index in [1.54, 1.807) is 26.0 Å². The minimum atomic E-state index is -0.848. The van der Waals surface area contributed by atoms with Crippen molar-refractivity contribution in [1.29, 1.82) is 0 Å². The molecule has 0 fully saturated rings. The average Bonchev–Trinajstić information content (AvgIpc) is 2.26. The largest absolute Gasteiger partial charge is 0.465 e. The molecule has 0 spiro atoms. The number of fused-ring (bicyclic) bond motifs is 1. The fraction of sp³-hybridized carbons (Fsp3) is 0.286. The number of ether oxygens (including phenoxy) is 2. The van der Waals surface area contributed by atoms with E-state index in [1.165, 1.54) is 0 Å². The van der Waals surface area contributed by atoms with Crippen molar-refractivity contribution in [3.8, 4) is 11.5 Å². The zero-order valence-electron chi connectivity index (χ0n) is 10.3. The quantitative estimate of drug-likeness (QED) is 0.815. The maximum Gasteiger partial charge on any atom is 0.194 e. The van der Waals surface area contributed by atoms with E-state index < -0.39 is 12.6 Å². The second-order valence-electron chi connectivity index (χ2n) is 4.11. The molecule has 4 nitrogen and oxygen atoms in total. The molecule has 0 radical (unpaired) electrons. The number of benzene rings is 2. The van der Waals surface area contributed by atoms with E-state index in [9.17, 15) is 10.2 Å². The lowest BCUT2D eigenvalue weighted by Crippen LogP contribution is -2.09. The number of hydrogen-bond donors (Lipinski definition) is 2. The maximum atomic E-state index is 9.17. The van der Waals surface area contributed by atoms with E-state index in [0.29, 0.717) is 11.5 Å². The Kier molecular flexibility index (Phi) is 3.69. The molecule has 2 N–H and O–H groups in total. The van der Waals surface area contributed by atoms with Crippen molar-refractivity contribution in [3.05, 3.63) is 36.4 Å². The summed E-state index contributed by atoms with van der Waals surface area (Å²) in [7, 11) is 0. The van der Waals surface area contributed by atoms with Crippen molar-refractivity contribution in [2.45, 2.75) is 26.4 Å². The Morgan fingerprint density at radius 2 is 1.22 bits per heavy atom. The molecule has 0 saturated heterocycles. The van der Waals surface area contributed by atoms with Gasteiger partial charge in [-0.1, -0.05) is 12.1 Å².